The third kappa shape index (κ3) is 4.34. The van der Waals surface area contributed by atoms with Crippen molar-refractivity contribution in [2.45, 2.75) is 6.92 Å². The van der Waals surface area contributed by atoms with E-state index in [4.69, 9.17) is 4.74 Å². The molecule has 0 aliphatic rings. The van der Waals surface area contributed by atoms with E-state index in [-0.39, 0.29) is 11.4 Å². The van der Waals surface area contributed by atoms with Gasteiger partial charge >= 0.3 is 0 Å². The third-order valence-corrected chi connectivity index (χ3v) is 4.09. The van der Waals surface area contributed by atoms with Crippen LogP contribution in [0.5, 0.6) is 5.75 Å². The number of thiazole rings is 1. The van der Waals surface area contributed by atoms with E-state index in [1.807, 2.05) is 31.2 Å². The van der Waals surface area contributed by atoms with Crippen molar-refractivity contribution in [2.75, 3.05) is 17.2 Å². The molecule has 5 nitrogen and oxygen atoms in total. The zero-order valence-electron chi connectivity index (χ0n) is 13.8. The molecule has 3 aromatic rings. The van der Waals surface area contributed by atoms with Crippen molar-refractivity contribution in [3.05, 3.63) is 65.2 Å². The van der Waals surface area contributed by atoms with E-state index in [1.165, 1.54) is 17.4 Å². The van der Waals surface area contributed by atoms with Crippen LogP contribution in [0.4, 0.5) is 25.3 Å². The van der Waals surface area contributed by atoms with Crippen molar-refractivity contribution in [2.24, 2.45) is 0 Å². The normalized spacial score (nSPS) is 10.4. The molecule has 1 aromatic heterocycles. The van der Waals surface area contributed by atoms with Crippen LogP contribution < -0.4 is 15.4 Å². The summed E-state index contributed by atoms with van der Waals surface area (Å²) in [5.74, 6) is -1.74. The van der Waals surface area contributed by atoms with Crippen molar-refractivity contribution in [3.8, 4) is 5.75 Å². The lowest BCUT2D eigenvalue weighted by Crippen LogP contribution is -2.12. The summed E-state index contributed by atoms with van der Waals surface area (Å²) >= 11 is 1.25. The van der Waals surface area contributed by atoms with E-state index >= 15 is 0 Å². The number of halogens is 2. The van der Waals surface area contributed by atoms with Crippen LogP contribution in [-0.2, 0) is 0 Å². The molecule has 0 aliphatic carbocycles. The summed E-state index contributed by atoms with van der Waals surface area (Å²) in [7, 11) is 0. The lowest BCUT2D eigenvalue weighted by atomic mass is 10.3. The fourth-order valence-electron chi connectivity index (χ4n) is 2.13. The van der Waals surface area contributed by atoms with Gasteiger partial charge in [-0.15, -0.1) is 11.3 Å². The summed E-state index contributed by atoms with van der Waals surface area (Å²) in [5.41, 5.74) is 1.13. The number of benzene rings is 2. The van der Waals surface area contributed by atoms with Crippen molar-refractivity contribution >= 4 is 33.8 Å². The van der Waals surface area contributed by atoms with Gasteiger partial charge in [0.05, 0.1) is 6.61 Å². The van der Waals surface area contributed by atoms with Gasteiger partial charge in [0.25, 0.3) is 5.91 Å². The van der Waals surface area contributed by atoms with Crippen molar-refractivity contribution in [3.63, 3.8) is 0 Å². The van der Waals surface area contributed by atoms with Gasteiger partial charge in [0, 0.05) is 22.8 Å². The van der Waals surface area contributed by atoms with E-state index in [0.717, 1.165) is 23.6 Å². The molecular formula is C18H15F2N3O2S. The molecule has 0 fully saturated rings. The van der Waals surface area contributed by atoms with E-state index in [2.05, 4.69) is 15.6 Å². The Hall–Kier alpha value is -3.00. The molecule has 0 saturated carbocycles. The highest BCUT2D eigenvalue weighted by Crippen LogP contribution is 2.23. The number of aromatic nitrogens is 1. The molecule has 0 aliphatic heterocycles. The van der Waals surface area contributed by atoms with Gasteiger partial charge < -0.3 is 15.4 Å². The van der Waals surface area contributed by atoms with Gasteiger partial charge in [0.15, 0.2) is 16.8 Å². The quantitative estimate of drug-likeness (QED) is 0.649. The third-order valence-electron chi connectivity index (χ3n) is 3.33. The van der Waals surface area contributed by atoms with Gasteiger partial charge in [-0.05, 0) is 43.3 Å². The molecule has 1 heterocycles. The Bertz CT molecular complexity index is 913. The number of carbonyl (C=O) groups excluding carboxylic acids is 1. The highest BCUT2D eigenvalue weighted by molar-refractivity contribution is 7.14. The molecule has 0 bridgehead atoms. The van der Waals surface area contributed by atoms with E-state index in [0.29, 0.717) is 11.7 Å². The molecule has 0 saturated heterocycles. The average Bonchev–Trinajstić information content (AvgIpc) is 3.09. The Kier molecular flexibility index (Phi) is 5.43. The lowest BCUT2D eigenvalue weighted by Gasteiger charge is -2.05. The maximum Gasteiger partial charge on any atom is 0.275 e. The first-order chi connectivity index (χ1) is 12.5. The molecule has 2 N–H and O–H groups in total. The first kappa shape index (κ1) is 17.8. The number of nitrogens with one attached hydrogen (secondary N) is 2. The fourth-order valence-corrected chi connectivity index (χ4v) is 2.84. The Morgan fingerprint density at radius 1 is 1.12 bits per heavy atom. The summed E-state index contributed by atoms with van der Waals surface area (Å²) in [6.45, 7) is 2.50. The zero-order valence-corrected chi connectivity index (χ0v) is 14.6. The summed E-state index contributed by atoms with van der Waals surface area (Å²) in [4.78, 5) is 16.4. The number of carbonyl (C=O) groups is 1. The van der Waals surface area contributed by atoms with Crippen LogP contribution in [0.2, 0.25) is 0 Å². The van der Waals surface area contributed by atoms with E-state index < -0.39 is 17.5 Å². The monoisotopic (exact) mass is 375 g/mol. The maximum absolute atomic E-state index is 13.2. The van der Waals surface area contributed by atoms with Gasteiger partial charge in [0.2, 0.25) is 0 Å². The molecule has 8 heteroatoms. The predicted molar refractivity (Wildman–Crippen MR) is 97.3 cm³/mol. The number of hydrogen-bond acceptors (Lipinski definition) is 5. The smallest absolute Gasteiger partial charge is 0.275 e. The van der Waals surface area contributed by atoms with Gasteiger partial charge in [-0.3, -0.25) is 4.79 Å². The van der Waals surface area contributed by atoms with Crippen LogP contribution in [0.15, 0.2) is 47.8 Å². The van der Waals surface area contributed by atoms with Gasteiger partial charge in [-0.1, -0.05) is 0 Å². The van der Waals surface area contributed by atoms with Crippen molar-refractivity contribution in [1.29, 1.82) is 0 Å². The van der Waals surface area contributed by atoms with Crippen molar-refractivity contribution in [1.82, 2.24) is 4.98 Å². The summed E-state index contributed by atoms with van der Waals surface area (Å²) in [6, 6.07) is 10.5. The fraction of sp³-hybridized carbons (Fsp3) is 0.111. The molecule has 0 atom stereocenters. The second-order valence-electron chi connectivity index (χ2n) is 5.20. The second-order valence-corrected chi connectivity index (χ2v) is 6.06. The number of ether oxygens (including phenoxy) is 1. The van der Waals surface area contributed by atoms with E-state index in [9.17, 15) is 13.6 Å². The van der Waals surface area contributed by atoms with Gasteiger partial charge in [-0.2, -0.15) is 0 Å². The lowest BCUT2D eigenvalue weighted by molar-refractivity contribution is 0.102. The first-order valence-electron chi connectivity index (χ1n) is 7.77. The van der Waals surface area contributed by atoms with Gasteiger partial charge in [0.1, 0.15) is 11.4 Å². The number of anilines is 3. The highest BCUT2D eigenvalue weighted by atomic mass is 32.1. The molecule has 3 rings (SSSR count). The van der Waals surface area contributed by atoms with Crippen LogP contribution in [0.3, 0.4) is 0 Å². The SMILES string of the molecule is CCOc1ccc(Nc2nc(C(=O)Nc3ccc(F)c(F)c3)cs2)cc1. The molecule has 2 aromatic carbocycles. The molecule has 0 unspecified atom stereocenters. The Morgan fingerprint density at radius 2 is 1.85 bits per heavy atom. The molecule has 0 radical (unpaired) electrons. The second kappa shape index (κ2) is 7.92. The van der Waals surface area contributed by atoms with Crippen LogP contribution in [0, 0.1) is 11.6 Å². The molecule has 1 amide bonds. The molecule has 26 heavy (non-hydrogen) atoms. The highest BCUT2D eigenvalue weighted by Gasteiger charge is 2.12. The Balaban J connectivity index is 1.64. The largest absolute Gasteiger partial charge is 0.494 e. The predicted octanol–water partition coefficient (Wildman–Crippen LogP) is 4.82. The van der Waals surface area contributed by atoms with Crippen molar-refractivity contribution < 1.29 is 18.3 Å². The molecule has 0 spiro atoms. The maximum atomic E-state index is 13.2. The van der Waals surface area contributed by atoms with Crippen LogP contribution in [-0.4, -0.2) is 17.5 Å². The number of nitrogens with zero attached hydrogens (tertiary/aromatic N) is 1. The molecule has 134 valence electrons. The number of rotatable bonds is 6. The standard InChI is InChI=1S/C18H15F2N3O2S/c1-2-25-13-6-3-11(4-7-13)22-18-23-16(10-26-18)17(24)21-12-5-8-14(19)15(20)9-12/h3-10H,2H2,1H3,(H,21,24)(H,22,23). The van der Waals surface area contributed by atoms with Crippen LogP contribution >= 0.6 is 11.3 Å². The zero-order chi connectivity index (χ0) is 18.5. The Morgan fingerprint density at radius 3 is 2.54 bits per heavy atom. The first-order valence-corrected chi connectivity index (χ1v) is 8.65. The average molecular weight is 375 g/mol. The number of hydrogen-bond donors (Lipinski definition) is 2. The molecular weight excluding hydrogens is 360 g/mol. The summed E-state index contributed by atoms with van der Waals surface area (Å²) in [5, 5.41) is 7.68. The summed E-state index contributed by atoms with van der Waals surface area (Å²) in [6.07, 6.45) is 0. The summed E-state index contributed by atoms with van der Waals surface area (Å²) < 4.78 is 31.5. The number of amides is 1. The van der Waals surface area contributed by atoms with E-state index in [1.54, 1.807) is 5.38 Å². The minimum absolute atomic E-state index is 0.155. The topological polar surface area (TPSA) is 63.2 Å². The van der Waals surface area contributed by atoms with Gasteiger partial charge in [-0.25, -0.2) is 13.8 Å². The Labute approximate surface area is 152 Å². The minimum Gasteiger partial charge on any atom is -0.494 e. The van der Waals surface area contributed by atoms with Crippen LogP contribution in [0.25, 0.3) is 0 Å². The minimum atomic E-state index is -1.03. The van der Waals surface area contributed by atoms with Crippen LogP contribution in [0.1, 0.15) is 17.4 Å².